The standard InChI is InChI=1S/C44H70N6O7/c1-11-29(4)40(49(8)38(52)27-46-44(55)39(28(2)3)48(7)25-23-32-19-21-34(45)22-20-32)36(56-9)26-37(51)50-24-15-18-35(50)42(57-10)30(5)43(54)47-31(6)41(53)33-16-13-12-14-17-33/h12-14,16-17,19-22,28-31,35-36,39-42,53H,11,15,18,23-27,45H2,1-10H3,(H,46,55)(H,47,54)/t29-,30+,31+,35-,36+,39?,40?,41+,42+/m0/s1. The van der Waals surface area contributed by atoms with Crippen molar-refractivity contribution in [2.45, 2.75) is 116 Å². The molecule has 1 aliphatic rings. The van der Waals surface area contributed by atoms with Gasteiger partial charge in [0.2, 0.25) is 23.6 Å². The second-order valence-electron chi connectivity index (χ2n) is 16.2. The maximum Gasteiger partial charge on any atom is 0.242 e. The maximum absolute atomic E-state index is 14.1. The van der Waals surface area contributed by atoms with Crippen LogP contribution in [0.5, 0.6) is 0 Å². The number of carbonyl (C=O) groups is 4. The minimum absolute atomic E-state index is 0.00610. The summed E-state index contributed by atoms with van der Waals surface area (Å²) in [6, 6.07) is 15.1. The molecule has 3 rings (SSSR count). The maximum atomic E-state index is 14.1. The number of nitrogens with two attached hydrogens (primary N) is 1. The number of ether oxygens (including phenoxy) is 2. The third-order valence-corrected chi connectivity index (χ3v) is 11.8. The fraction of sp³-hybridized carbons (Fsp3) is 0.636. The number of nitrogen functional groups attached to an aromatic ring is 1. The van der Waals surface area contributed by atoms with Gasteiger partial charge in [-0.05, 0) is 68.3 Å². The SMILES string of the molecule is CC[C@H](C)C([C@@H](CC(=O)N1CCC[C@H]1[C@H](OC)[C@@H](C)C(=O)N[C@H](C)[C@@H](O)c1ccccc1)OC)N(C)C(=O)CNC(=O)C(C(C)C)N(C)CCc1ccc(N)cc1. The van der Waals surface area contributed by atoms with E-state index in [0.29, 0.717) is 30.8 Å². The Morgan fingerprint density at radius 1 is 0.947 bits per heavy atom. The largest absolute Gasteiger partial charge is 0.399 e. The molecule has 1 saturated heterocycles. The van der Waals surface area contributed by atoms with Crippen LogP contribution < -0.4 is 16.4 Å². The molecule has 9 atom stereocenters. The van der Waals surface area contributed by atoms with E-state index < -0.39 is 42.4 Å². The molecular weight excluding hydrogens is 725 g/mol. The number of likely N-dealkylation sites (N-methyl/N-ethyl adjacent to an activating group) is 2. The van der Waals surface area contributed by atoms with Crippen LogP contribution in [0.15, 0.2) is 54.6 Å². The number of aliphatic hydroxyl groups excluding tert-OH is 1. The van der Waals surface area contributed by atoms with E-state index in [4.69, 9.17) is 15.2 Å². The van der Waals surface area contributed by atoms with Crippen molar-refractivity contribution >= 4 is 29.3 Å². The van der Waals surface area contributed by atoms with Crippen LogP contribution >= 0.6 is 0 Å². The Hall–Kier alpha value is -4.04. The van der Waals surface area contributed by atoms with Gasteiger partial charge in [-0.25, -0.2) is 0 Å². The van der Waals surface area contributed by atoms with Crippen molar-refractivity contribution in [3.63, 3.8) is 0 Å². The summed E-state index contributed by atoms with van der Waals surface area (Å²) in [6.07, 6.45) is 0.853. The van der Waals surface area contributed by atoms with Gasteiger partial charge in [-0.15, -0.1) is 0 Å². The Labute approximate surface area is 341 Å². The van der Waals surface area contributed by atoms with E-state index in [2.05, 4.69) is 10.6 Å². The van der Waals surface area contributed by atoms with Crippen LogP contribution in [0.3, 0.4) is 0 Å². The number of hydrogen-bond acceptors (Lipinski definition) is 9. The molecule has 1 aliphatic heterocycles. The number of benzene rings is 2. The Morgan fingerprint density at radius 2 is 1.60 bits per heavy atom. The van der Waals surface area contributed by atoms with Crippen molar-refractivity contribution in [3.05, 3.63) is 65.7 Å². The molecule has 4 amide bonds. The fourth-order valence-electron chi connectivity index (χ4n) is 8.23. The summed E-state index contributed by atoms with van der Waals surface area (Å²) in [5.41, 5.74) is 8.37. The highest BCUT2D eigenvalue weighted by atomic mass is 16.5. The zero-order valence-corrected chi connectivity index (χ0v) is 35.9. The molecule has 0 saturated carbocycles. The first-order chi connectivity index (χ1) is 27.1. The Kier molecular flexibility index (Phi) is 18.9. The van der Waals surface area contributed by atoms with Gasteiger partial charge >= 0.3 is 0 Å². The van der Waals surface area contributed by atoms with Gasteiger partial charge in [0.1, 0.15) is 0 Å². The molecule has 2 aromatic carbocycles. The summed E-state index contributed by atoms with van der Waals surface area (Å²) in [5.74, 6) is -1.53. The second-order valence-corrected chi connectivity index (χ2v) is 16.2. The number of nitrogens with zero attached hydrogens (tertiary/aromatic N) is 3. The molecule has 1 fully saturated rings. The minimum Gasteiger partial charge on any atom is -0.399 e. The summed E-state index contributed by atoms with van der Waals surface area (Å²) in [5, 5.41) is 16.7. The number of amides is 4. The molecule has 0 bridgehead atoms. The third kappa shape index (κ3) is 13.0. The fourth-order valence-corrected chi connectivity index (χ4v) is 8.23. The average molecular weight is 795 g/mol. The quantitative estimate of drug-likeness (QED) is 0.129. The van der Waals surface area contributed by atoms with Crippen LogP contribution in [0, 0.1) is 17.8 Å². The number of hydrogen-bond donors (Lipinski definition) is 4. The van der Waals surface area contributed by atoms with E-state index >= 15 is 0 Å². The number of anilines is 1. The first-order valence-electron chi connectivity index (χ1n) is 20.5. The zero-order chi connectivity index (χ0) is 42.4. The molecule has 2 aromatic rings. The minimum atomic E-state index is -0.881. The summed E-state index contributed by atoms with van der Waals surface area (Å²) in [4.78, 5) is 60.3. The topological polar surface area (TPSA) is 167 Å². The smallest absolute Gasteiger partial charge is 0.242 e. The van der Waals surface area contributed by atoms with Gasteiger partial charge in [0.05, 0.1) is 61.4 Å². The van der Waals surface area contributed by atoms with Crippen LogP contribution in [-0.4, -0.2) is 128 Å². The van der Waals surface area contributed by atoms with E-state index in [1.165, 1.54) is 0 Å². The number of rotatable bonds is 22. The van der Waals surface area contributed by atoms with Crippen LogP contribution in [-0.2, 0) is 35.1 Å². The molecule has 13 nitrogen and oxygen atoms in total. The predicted octanol–water partition coefficient (Wildman–Crippen LogP) is 4.04. The lowest BCUT2D eigenvalue weighted by Crippen LogP contribution is -2.55. The highest BCUT2D eigenvalue weighted by Crippen LogP contribution is 2.30. The van der Waals surface area contributed by atoms with Gasteiger partial charge in [0, 0.05) is 40.0 Å². The Bertz CT molecular complexity index is 1560. The zero-order valence-electron chi connectivity index (χ0n) is 35.9. The van der Waals surface area contributed by atoms with E-state index in [0.717, 1.165) is 24.8 Å². The highest BCUT2D eigenvalue weighted by molar-refractivity contribution is 5.88. The number of methoxy groups -OCH3 is 2. The number of aliphatic hydroxyl groups is 1. The molecular formula is C44H70N6O7. The monoisotopic (exact) mass is 795 g/mol. The van der Waals surface area contributed by atoms with Crippen molar-refractivity contribution in [3.8, 4) is 0 Å². The van der Waals surface area contributed by atoms with Gasteiger partial charge in [0.25, 0.3) is 0 Å². The van der Waals surface area contributed by atoms with Crippen molar-refractivity contribution < 1.29 is 33.8 Å². The molecule has 13 heteroatoms. The summed E-state index contributed by atoms with van der Waals surface area (Å²) < 4.78 is 11.9. The number of carbonyl (C=O) groups excluding carboxylic acids is 4. The number of nitrogens with one attached hydrogen (secondary N) is 2. The van der Waals surface area contributed by atoms with E-state index in [-0.39, 0.29) is 54.5 Å². The third-order valence-electron chi connectivity index (χ3n) is 11.8. The summed E-state index contributed by atoms with van der Waals surface area (Å²) in [7, 11) is 6.73. The normalized spacial score (nSPS) is 18.6. The van der Waals surface area contributed by atoms with Crippen molar-refractivity contribution in [2.75, 3.05) is 53.7 Å². The molecule has 318 valence electrons. The average Bonchev–Trinajstić information content (AvgIpc) is 3.69. The van der Waals surface area contributed by atoms with E-state index in [1.54, 1.807) is 44.9 Å². The van der Waals surface area contributed by atoms with Gasteiger partial charge < -0.3 is 40.7 Å². The molecule has 57 heavy (non-hydrogen) atoms. The summed E-state index contributed by atoms with van der Waals surface area (Å²) >= 11 is 0. The first kappa shape index (κ1) is 47.3. The molecule has 0 aromatic heterocycles. The molecule has 1 heterocycles. The molecule has 0 spiro atoms. The van der Waals surface area contributed by atoms with Gasteiger partial charge in [0.15, 0.2) is 0 Å². The lowest BCUT2D eigenvalue weighted by Gasteiger charge is -2.39. The van der Waals surface area contributed by atoms with Gasteiger partial charge in [-0.1, -0.05) is 83.5 Å². The lowest BCUT2D eigenvalue weighted by atomic mass is 9.90. The second kappa shape index (κ2) is 22.8. The Morgan fingerprint density at radius 3 is 2.18 bits per heavy atom. The molecule has 0 radical (unpaired) electrons. The van der Waals surface area contributed by atoms with Crippen molar-refractivity contribution in [2.24, 2.45) is 17.8 Å². The van der Waals surface area contributed by atoms with Crippen molar-refractivity contribution in [1.29, 1.82) is 0 Å². The highest BCUT2D eigenvalue weighted by Gasteiger charge is 2.42. The Balaban J connectivity index is 1.65. The number of likely N-dealkylation sites (tertiary alicyclic amines) is 1. The van der Waals surface area contributed by atoms with Crippen LogP contribution in [0.2, 0.25) is 0 Å². The van der Waals surface area contributed by atoms with Gasteiger partial charge in [-0.2, -0.15) is 0 Å². The van der Waals surface area contributed by atoms with Crippen LogP contribution in [0.1, 0.15) is 84.5 Å². The predicted molar refractivity (Wildman–Crippen MR) is 224 cm³/mol. The van der Waals surface area contributed by atoms with E-state index in [1.807, 2.05) is 94.2 Å². The molecule has 5 N–H and O–H groups in total. The van der Waals surface area contributed by atoms with Gasteiger partial charge in [-0.3, -0.25) is 24.1 Å². The summed E-state index contributed by atoms with van der Waals surface area (Å²) in [6.45, 7) is 12.6. The van der Waals surface area contributed by atoms with Crippen LogP contribution in [0.25, 0.3) is 0 Å². The molecule has 2 unspecified atom stereocenters. The lowest BCUT2D eigenvalue weighted by molar-refractivity contribution is -0.146. The van der Waals surface area contributed by atoms with Crippen LogP contribution in [0.4, 0.5) is 5.69 Å². The first-order valence-corrected chi connectivity index (χ1v) is 20.5. The van der Waals surface area contributed by atoms with Crippen molar-refractivity contribution in [1.82, 2.24) is 25.3 Å². The molecule has 0 aliphatic carbocycles. The van der Waals surface area contributed by atoms with E-state index in [9.17, 15) is 24.3 Å².